The number of thioether (sulfide) groups is 1. The summed E-state index contributed by atoms with van der Waals surface area (Å²) in [7, 11) is 0. The maximum Gasteiger partial charge on any atom is 0.274 e. The minimum Gasteiger partial charge on any atom is -0.366 e. The SMILES string of the molecule is Cc1ccc(-c2nc(SCc3ccc(C(N)=O)cc3[N+](=O)[O-])n[nH]2)cc1. The molecule has 8 nitrogen and oxygen atoms in total. The number of aryl methyl sites for hydroxylation is 1. The molecule has 1 heterocycles. The van der Waals surface area contributed by atoms with Gasteiger partial charge in [0.05, 0.1) is 4.92 Å². The van der Waals surface area contributed by atoms with Gasteiger partial charge in [-0.1, -0.05) is 47.7 Å². The van der Waals surface area contributed by atoms with E-state index in [1.165, 1.54) is 30.0 Å². The Morgan fingerprint density at radius 1 is 1.27 bits per heavy atom. The first-order chi connectivity index (χ1) is 12.4. The molecule has 0 aliphatic rings. The lowest BCUT2D eigenvalue weighted by molar-refractivity contribution is -0.385. The fraction of sp³-hybridized carbons (Fsp3) is 0.118. The van der Waals surface area contributed by atoms with Crippen molar-refractivity contribution >= 4 is 23.4 Å². The number of carbonyl (C=O) groups excluding carboxylic acids is 1. The number of nitro groups is 1. The van der Waals surface area contributed by atoms with E-state index in [1.807, 2.05) is 31.2 Å². The van der Waals surface area contributed by atoms with Crippen LogP contribution in [0.4, 0.5) is 5.69 Å². The summed E-state index contributed by atoms with van der Waals surface area (Å²) < 4.78 is 0. The van der Waals surface area contributed by atoms with Crippen molar-refractivity contribution < 1.29 is 9.72 Å². The molecular weight excluding hydrogens is 354 g/mol. The Kier molecular flexibility index (Phi) is 4.99. The van der Waals surface area contributed by atoms with Crippen LogP contribution < -0.4 is 5.73 Å². The molecule has 3 rings (SSSR count). The van der Waals surface area contributed by atoms with Crippen LogP contribution in [0, 0.1) is 17.0 Å². The molecule has 0 aliphatic carbocycles. The van der Waals surface area contributed by atoms with E-state index < -0.39 is 10.8 Å². The van der Waals surface area contributed by atoms with Crippen LogP contribution in [0.5, 0.6) is 0 Å². The first-order valence-electron chi connectivity index (χ1n) is 7.63. The monoisotopic (exact) mass is 369 g/mol. The number of nitrogens with one attached hydrogen (secondary N) is 1. The fourth-order valence-electron chi connectivity index (χ4n) is 2.30. The van der Waals surface area contributed by atoms with Gasteiger partial charge in [-0.2, -0.15) is 0 Å². The van der Waals surface area contributed by atoms with Crippen LogP contribution in [0.1, 0.15) is 21.5 Å². The molecule has 0 bridgehead atoms. The second kappa shape index (κ2) is 7.36. The summed E-state index contributed by atoms with van der Waals surface area (Å²) in [6.45, 7) is 2.00. The largest absolute Gasteiger partial charge is 0.366 e. The van der Waals surface area contributed by atoms with Crippen molar-refractivity contribution in [3.63, 3.8) is 0 Å². The molecule has 0 atom stereocenters. The second-order valence-electron chi connectivity index (χ2n) is 5.59. The molecule has 0 unspecified atom stereocenters. The second-order valence-corrected chi connectivity index (χ2v) is 6.53. The van der Waals surface area contributed by atoms with Crippen molar-refractivity contribution in [3.05, 3.63) is 69.3 Å². The number of nitrogens with two attached hydrogens (primary N) is 1. The number of hydrogen-bond acceptors (Lipinski definition) is 6. The van der Waals surface area contributed by atoms with Crippen LogP contribution in [0.2, 0.25) is 0 Å². The minimum absolute atomic E-state index is 0.102. The lowest BCUT2D eigenvalue weighted by atomic mass is 10.1. The van der Waals surface area contributed by atoms with Crippen LogP contribution in [0.3, 0.4) is 0 Å². The predicted octanol–water partition coefficient (Wildman–Crippen LogP) is 3.08. The number of amides is 1. The third kappa shape index (κ3) is 3.89. The number of rotatable bonds is 6. The standard InChI is InChI=1S/C17H15N5O3S/c1-10-2-4-11(5-3-10)16-19-17(21-20-16)26-9-13-7-6-12(15(18)23)8-14(13)22(24)25/h2-8H,9H2,1H3,(H2,18,23)(H,19,20,21). The zero-order valence-corrected chi connectivity index (χ0v) is 14.6. The Hall–Kier alpha value is -3.20. The Morgan fingerprint density at radius 2 is 2.00 bits per heavy atom. The molecule has 0 saturated heterocycles. The molecule has 0 aliphatic heterocycles. The van der Waals surface area contributed by atoms with Gasteiger partial charge in [-0.05, 0) is 13.0 Å². The van der Waals surface area contributed by atoms with E-state index in [0.29, 0.717) is 22.3 Å². The van der Waals surface area contributed by atoms with Gasteiger partial charge in [0, 0.05) is 28.5 Å². The first kappa shape index (κ1) is 17.6. The fourth-order valence-corrected chi connectivity index (χ4v) is 3.10. The number of hydrogen-bond donors (Lipinski definition) is 2. The summed E-state index contributed by atoms with van der Waals surface area (Å²) in [4.78, 5) is 26.3. The normalized spacial score (nSPS) is 10.7. The summed E-state index contributed by atoms with van der Waals surface area (Å²) in [5, 5.41) is 18.7. The third-order valence-electron chi connectivity index (χ3n) is 3.71. The third-order valence-corrected chi connectivity index (χ3v) is 4.61. The van der Waals surface area contributed by atoms with Gasteiger partial charge in [-0.25, -0.2) is 4.98 Å². The average molecular weight is 369 g/mol. The molecule has 132 valence electrons. The van der Waals surface area contributed by atoms with E-state index in [-0.39, 0.29) is 11.3 Å². The van der Waals surface area contributed by atoms with Crippen LogP contribution in [-0.4, -0.2) is 26.0 Å². The molecular formula is C17H15N5O3S. The maximum atomic E-state index is 11.2. The van der Waals surface area contributed by atoms with Gasteiger partial charge < -0.3 is 5.73 Å². The molecule has 1 amide bonds. The maximum absolute atomic E-state index is 11.2. The van der Waals surface area contributed by atoms with Gasteiger partial charge in [0.2, 0.25) is 11.1 Å². The number of aromatic nitrogens is 3. The molecule has 3 N–H and O–H groups in total. The zero-order chi connectivity index (χ0) is 18.7. The van der Waals surface area contributed by atoms with E-state index in [0.717, 1.165) is 11.1 Å². The molecule has 0 saturated carbocycles. The van der Waals surface area contributed by atoms with Crippen molar-refractivity contribution in [1.82, 2.24) is 15.2 Å². The Labute approximate surface area is 153 Å². The molecule has 26 heavy (non-hydrogen) atoms. The Morgan fingerprint density at radius 3 is 2.65 bits per heavy atom. The summed E-state index contributed by atoms with van der Waals surface area (Å²) in [6.07, 6.45) is 0. The number of carbonyl (C=O) groups is 1. The van der Waals surface area contributed by atoms with Crippen LogP contribution in [0.25, 0.3) is 11.4 Å². The molecule has 2 aromatic carbocycles. The average Bonchev–Trinajstić information content (AvgIpc) is 3.09. The van der Waals surface area contributed by atoms with Crippen LogP contribution in [-0.2, 0) is 5.75 Å². The highest BCUT2D eigenvalue weighted by Gasteiger charge is 2.17. The van der Waals surface area contributed by atoms with Gasteiger partial charge in [0.1, 0.15) is 0 Å². The van der Waals surface area contributed by atoms with Gasteiger partial charge in [-0.15, -0.1) is 5.10 Å². The van der Waals surface area contributed by atoms with Crippen molar-refractivity contribution in [2.45, 2.75) is 17.8 Å². The van der Waals surface area contributed by atoms with E-state index in [2.05, 4.69) is 15.2 Å². The van der Waals surface area contributed by atoms with Crippen LogP contribution in [0.15, 0.2) is 47.6 Å². The smallest absolute Gasteiger partial charge is 0.274 e. The van der Waals surface area contributed by atoms with Gasteiger partial charge >= 0.3 is 0 Å². The van der Waals surface area contributed by atoms with E-state index in [9.17, 15) is 14.9 Å². The van der Waals surface area contributed by atoms with E-state index in [1.54, 1.807) is 0 Å². The van der Waals surface area contributed by atoms with E-state index >= 15 is 0 Å². The summed E-state index contributed by atoms with van der Waals surface area (Å²) >= 11 is 1.26. The highest BCUT2D eigenvalue weighted by Crippen LogP contribution is 2.28. The Balaban J connectivity index is 1.76. The van der Waals surface area contributed by atoms with Crippen molar-refractivity contribution in [2.24, 2.45) is 5.73 Å². The summed E-state index contributed by atoms with van der Waals surface area (Å²) in [5.41, 5.74) is 7.65. The lowest BCUT2D eigenvalue weighted by Gasteiger charge is -2.03. The first-order valence-corrected chi connectivity index (χ1v) is 8.62. The number of aromatic amines is 1. The van der Waals surface area contributed by atoms with E-state index in [4.69, 9.17) is 5.73 Å². The lowest BCUT2D eigenvalue weighted by Crippen LogP contribution is -2.11. The quantitative estimate of drug-likeness (QED) is 0.390. The Bertz CT molecular complexity index is 969. The molecule has 0 fully saturated rings. The molecule has 0 spiro atoms. The highest BCUT2D eigenvalue weighted by atomic mass is 32.2. The molecule has 0 radical (unpaired) electrons. The topological polar surface area (TPSA) is 128 Å². The van der Waals surface area contributed by atoms with Gasteiger partial charge in [0.25, 0.3) is 5.69 Å². The highest BCUT2D eigenvalue weighted by molar-refractivity contribution is 7.98. The number of nitrogens with zero attached hydrogens (tertiary/aromatic N) is 3. The van der Waals surface area contributed by atoms with Crippen LogP contribution >= 0.6 is 11.8 Å². The minimum atomic E-state index is -0.705. The number of primary amides is 1. The zero-order valence-electron chi connectivity index (χ0n) is 13.8. The van der Waals surface area contributed by atoms with Crippen molar-refractivity contribution in [3.8, 4) is 11.4 Å². The summed E-state index contributed by atoms with van der Waals surface area (Å²) in [6, 6.07) is 12.0. The molecule has 3 aromatic rings. The predicted molar refractivity (Wildman–Crippen MR) is 97.7 cm³/mol. The van der Waals surface area contributed by atoms with Crippen molar-refractivity contribution in [2.75, 3.05) is 0 Å². The number of H-pyrrole nitrogens is 1. The molecule has 9 heteroatoms. The number of nitro benzene ring substituents is 1. The molecule has 1 aromatic heterocycles. The number of benzene rings is 2. The summed E-state index contributed by atoms with van der Waals surface area (Å²) in [5.74, 6) is 0.218. The van der Waals surface area contributed by atoms with Gasteiger partial charge in [0.15, 0.2) is 5.82 Å². The van der Waals surface area contributed by atoms with Crippen molar-refractivity contribution in [1.29, 1.82) is 0 Å². The van der Waals surface area contributed by atoms with Gasteiger partial charge in [-0.3, -0.25) is 20.0 Å².